The van der Waals surface area contributed by atoms with Crippen LogP contribution in [0.2, 0.25) is 0 Å². The van der Waals surface area contributed by atoms with E-state index in [2.05, 4.69) is 31.8 Å². The third kappa shape index (κ3) is 4.74. The van der Waals surface area contributed by atoms with Gasteiger partial charge in [-0.3, -0.25) is 9.48 Å². The number of rotatable bonds is 6. The van der Waals surface area contributed by atoms with E-state index in [0.717, 1.165) is 16.9 Å². The number of nitriles is 1. The van der Waals surface area contributed by atoms with Gasteiger partial charge in [-0.05, 0) is 23.8 Å². The third-order valence-electron chi connectivity index (χ3n) is 4.63. The van der Waals surface area contributed by atoms with Crippen molar-refractivity contribution in [1.82, 2.24) is 19.7 Å². The molecule has 2 aromatic heterocycles. The van der Waals surface area contributed by atoms with Crippen molar-refractivity contribution in [2.24, 2.45) is 7.05 Å². The fraction of sp³-hybridized carbons (Fsp3) is 0.0870. The number of carbonyl (C=O) groups is 1. The van der Waals surface area contributed by atoms with Crippen LogP contribution in [0.25, 0.3) is 11.3 Å². The van der Waals surface area contributed by atoms with Gasteiger partial charge < -0.3 is 10.6 Å². The van der Waals surface area contributed by atoms with Crippen LogP contribution in [0.15, 0.2) is 73.1 Å². The summed E-state index contributed by atoms with van der Waals surface area (Å²) >= 11 is 0. The Morgan fingerprint density at radius 1 is 1.10 bits per heavy atom. The van der Waals surface area contributed by atoms with Gasteiger partial charge in [0, 0.05) is 24.9 Å². The number of carbonyl (C=O) groups excluding carboxylic acids is 1. The van der Waals surface area contributed by atoms with Gasteiger partial charge in [0.1, 0.15) is 11.9 Å². The number of benzene rings is 2. The Morgan fingerprint density at radius 2 is 1.94 bits per heavy atom. The van der Waals surface area contributed by atoms with Crippen molar-refractivity contribution in [1.29, 1.82) is 5.26 Å². The summed E-state index contributed by atoms with van der Waals surface area (Å²) in [5.41, 5.74) is 3.13. The smallest absolute Gasteiger partial charge is 0.228 e. The Balaban J connectivity index is 1.53. The van der Waals surface area contributed by atoms with Crippen LogP contribution in [0.1, 0.15) is 11.1 Å². The Kier molecular flexibility index (Phi) is 5.67. The average molecular weight is 409 g/mol. The average Bonchev–Trinajstić information content (AvgIpc) is 3.19. The predicted octanol–water partition coefficient (Wildman–Crippen LogP) is 3.67. The Bertz CT molecular complexity index is 1260. The van der Waals surface area contributed by atoms with Crippen molar-refractivity contribution in [3.05, 3.63) is 84.2 Å². The van der Waals surface area contributed by atoms with E-state index >= 15 is 0 Å². The molecule has 0 unspecified atom stereocenters. The summed E-state index contributed by atoms with van der Waals surface area (Å²) in [6.07, 6.45) is 3.56. The Hall–Kier alpha value is -4.51. The van der Waals surface area contributed by atoms with Crippen LogP contribution in [0.5, 0.6) is 0 Å². The van der Waals surface area contributed by atoms with Crippen molar-refractivity contribution >= 4 is 23.4 Å². The van der Waals surface area contributed by atoms with Crippen molar-refractivity contribution in [2.75, 3.05) is 10.6 Å². The molecule has 0 spiro atoms. The number of nitrogens with one attached hydrogen (secondary N) is 2. The lowest BCUT2D eigenvalue weighted by Gasteiger charge is -2.10. The van der Waals surface area contributed by atoms with E-state index < -0.39 is 0 Å². The quantitative estimate of drug-likeness (QED) is 0.503. The molecular weight excluding hydrogens is 390 g/mol. The fourth-order valence-electron chi connectivity index (χ4n) is 3.07. The van der Waals surface area contributed by atoms with E-state index in [1.807, 2.05) is 49.5 Å². The van der Waals surface area contributed by atoms with Crippen LogP contribution in [0.3, 0.4) is 0 Å². The first-order valence-electron chi connectivity index (χ1n) is 9.59. The van der Waals surface area contributed by atoms with E-state index in [0.29, 0.717) is 22.9 Å². The molecule has 152 valence electrons. The number of aryl methyl sites for hydroxylation is 1. The maximum absolute atomic E-state index is 12.4. The van der Waals surface area contributed by atoms with Gasteiger partial charge in [-0.2, -0.15) is 10.4 Å². The van der Waals surface area contributed by atoms with E-state index in [4.69, 9.17) is 0 Å². The number of nitrogens with zero attached hydrogens (tertiary/aromatic N) is 5. The minimum absolute atomic E-state index is 0.180. The van der Waals surface area contributed by atoms with E-state index in [1.54, 1.807) is 35.3 Å². The monoisotopic (exact) mass is 409 g/mol. The van der Waals surface area contributed by atoms with Crippen LogP contribution in [-0.4, -0.2) is 25.7 Å². The molecule has 0 bridgehead atoms. The topological polar surface area (TPSA) is 109 Å². The first-order valence-corrected chi connectivity index (χ1v) is 9.59. The van der Waals surface area contributed by atoms with E-state index in [-0.39, 0.29) is 12.3 Å². The molecule has 0 fully saturated rings. The van der Waals surface area contributed by atoms with Crippen molar-refractivity contribution in [3.63, 3.8) is 0 Å². The summed E-state index contributed by atoms with van der Waals surface area (Å²) in [6.45, 7) is 0. The van der Waals surface area contributed by atoms with Crippen LogP contribution < -0.4 is 10.6 Å². The molecule has 0 atom stereocenters. The van der Waals surface area contributed by atoms with Crippen LogP contribution in [0.4, 0.5) is 17.5 Å². The Morgan fingerprint density at radius 3 is 2.68 bits per heavy atom. The number of hydrogen-bond donors (Lipinski definition) is 2. The van der Waals surface area contributed by atoms with Crippen molar-refractivity contribution < 1.29 is 4.79 Å². The molecule has 1 amide bonds. The van der Waals surface area contributed by atoms with Gasteiger partial charge in [0.2, 0.25) is 11.9 Å². The lowest BCUT2D eigenvalue weighted by atomic mass is 10.1. The second-order valence-electron chi connectivity index (χ2n) is 6.81. The van der Waals surface area contributed by atoms with Crippen LogP contribution in [-0.2, 0) is 18.3 Å². The van der Waals surface area contributed by atoms with Gasteiger partial charge >= 0.3 is 0 Å². The predicted molar refractivity (Wildman–Crippen MR) is 117 cm³/mol. The molecular formula is C23H19N7O. The zero-order valence-corrected chi connectivity index (χ0v) is 16.8. The van der Waals surface area contributed by atoms with Gasteiger partial charge in [0.25, 0.3) is 0 Å². The van der Waals surface area contributed by atoms with Crippen molar-refractivity contribution in [2.45, 2.75) is 6.42 Å². The first-order chi connectivity index (χ1) is 15.1. The van der Waals surface area contributed by atoms with E-state index in [1.165, 1.54) is 0 Å². The largest absolute Gasteiger partial charge is 0.325 e. The molecule has 0 aliphatic rings. The molecule has 0 aliphatic carbocycles. The number of aromatic nitrogens is 4. The zero-order chi connectivity index (χ0) is 21.6. The molecule has 4 rings (SSSR count). The second kappa shape index (κ2) is 8.88. The lowest BCUT2D eigenvalue weighted by molar-refractivity contribution is -0.115. The molecule has 0 saturated carbocycles. The minimum Gasteiger partial charge on any atom is -0.325 e. The van der Waals surface area contributed by atoms with Gasteiger partial charge in [0.05, 0.1) is 29.6 Å². The molecule has 8 heteroatoms. The lowest BCUT2D eigenvalue weighted by Crippen LogP contribution is -2.15. The molecule has 2 aromatic carbocycles. The molecule has 2 heterocycles. The maximum atomic E-state index is 12.4. The highest BCUT2D eigenvalue weighted by Gasteiger charge is 2.11. The molecule has 8 nitrogen and oxygen atoms in total. The minimum atomic E-state index is -0.180. The zero-order valence-electron chi connectivity index (χ0n) is 16.8. The standard InChI is InChI=1S/C23H19N7O/c1-30-21(10-12-26-30)29-23-25-11-9-20(28-23)17-7-8-19(18(14-17)15-24)27-22(31)13-16-5-3-2-4-6-16/h2-12,14H,13H2,1H3,(H,27,31)(H,25,28,29). The number of anilines is 3. The molecule has 0 radical (unpaired) electrons. The normalized spacial score (nSPS) is 10.3. The summed E-state index contributed by atoms with van der Waals surface area (Å²) in [4.78, 5) is 21.1. The van der Waals surface area contributed by atoms with Gasteiger partial charge in [-0.25, -0.2) is 9.97 Å². The summed E-state index contributed by atoms with van der Waals surface area (Å²) in [5.74, 6) is 0.992. The van der Waals surface area contributed by atoms with E-state index in [9.17, 15) is 10.1 Å². The SMILES string of the molecule is Cn1nccc1Nc1nccc(-c2ccc(NC(=O)Cc3ccccc3)c(C#N)c2)n1. The molecule has 0 saturated heterocycles. The second-order valence-corrected chi connectivity index (χ2v) is 6.81. The highest BCUT2D eigenvalue weighted by atomic mass is 16.1. The summed E-state index contributed by atoms with van der Waals surface area (Å²) in [7, 11) is 1.82. The highest BCUT2D eigenvalue weighted by Crippen LogP contribution is 2.25. The van der Waals surface area contributed by atoms with Crippen molar-refractivity contribution in [3.8, 4) is 17.3 Å². The third-order valence-corrected chi connectivity index (χ3v) is 4.63. The molecule has 31 heavy (non-hydrogen) atoms. The molecule has 2 N–H and O–H groups in total. The fourth-order valence-corrected chi connectivity index (χ4v) is 3.07. The van der Waals surface area contributed by atoms with Gasteiger partial charge in [-0.15, -0.1) is 0 Å². The van der Waals surface area contributed by atoms with Gasteiger partial charge in [0.15, 0.2) is 0 Å². The first kappa shape index (κ1) is 19.8. The summed E-state index contributed by atoms with van der Waals surface area (Å²) in [5, 5.41) is 19.6. The summed E-state index contributed by atoms with van der Waals surface area (Å²) in [6, 6.07) is 20.4. The highest BCUT2D eigenvalue weighted by molar-refractivity contribution is 5.94. The summed E-state index contributed by atoms with van der Waals surface area (Å²) < 4.78 is 1.68. The Labute approximate surface area is 179 Å². The molecule has 0 aliphatic heterocycles. The van der Waals surface area contributed by atoms with Crippen LogP contribution in [0, 0.1) is 11.3 Å². The molecule has 4 aromatic rings. The number of hydrogen-bond acceptors (Lipinski definition) is 6. The van der Waals surface area contributed by atoms with Crippen LogP contribution >= 0.6 is 0 Å². The maximum Gasteiger partial charge on any atom is 0.228 e. The van der Waals surface area contributed by atoms with Gasteiger partial charge in [-0.1, -0.05) is 36.4 Å². The number of amides is 1.